The minimum atomic E-state index is -0.0218. The molecular weight excluding hydrogens is 438 g/mol. The molecule has 0 saturated carbocycles. The number of piperidine rings is 1. The van der Waals surface area contributed by atoms with Crippen molar-refractivity contribution >= 4 is 5.91 Å². The number of hydrogen-bond donors (Lipinski definition) is 1. The molecule has 35 heavy (non-hydrogen) atoms. The molecule has 7 nitrogen and oxygen atoms in total. The molecule has 2 atom stereocenters. The van der Waals surface area contributed by atoms with Crippen molar-refractivity contribution in [2.75, 3.05) is 32.8 Å². The van der Waals surface area contributed by atoms with Crippen molar-refractivity contribution in [2.24, 2.45) is 5.92 Å². The Bertz CT molecular complexity index is 1060. The van der Waals surface area contributed by atoms with Gasteiger partial charge in [0, 0.05) is 32.7 Å². The number of ether oxygens (including phenoxy) is 1. The van der Waals surface area contributed by atoms with E-state index in [-0.39, 0.29) is 17.9 Å². The molecule has 7 heteroatoms. The molecule has 0 spiro atoms. The summed E-state index contributed by atoms with van der Waals surface area (Å²) < 4.78 is 7.48. The smallest absolute Gasteiger partial charge is 0.226 e. The Morgan fingerprint density at radius 3 is 2.49 bits per heavy atom. The van der Waals surface area contributed by atoms with Crippen molar-refractivity contribution in [1.82, 2.24) is 25.0 Å². The summed E-state index contributed by atoms with van der Waals surface area (Å²) in [5, 5.41) is 8.07. The van der Waals surface area contributed by atoms with Crippen LogP contribution < -0.4 is 5.32 Å². The molecule has 3 aromatic rings. The van der Waals surface area contributed by atoms with Crippen LogP contribution in [0, 0.1) is 5.92 Å². The molecule has 0 bridgehead atoms. The van der Waals surface area contributed by atoms with E-state index in [2.05, 4.69) is 56.3 Å². The summed E-state index contributed by atoms with van der Waals surface area (Å²) in [6, 6.07) is 21.1. The zero-order valence-corrected chi connectivity index (χ0v) is 20.3. The molecule has 1 unspecified atom stereocenters. The molecule has 0 aliphatic carbocycles. The van der Waals surface area contributed by atoms with E-state index in [9.17, 15) is 4.79 Å². The zero-order chi connectivity index (χ0) is 23.9. The summed E-state index contributed by atoms with van der Waals surface area (Å²) in [5.41, 5.74) is 2.41. The van der Waals surface area contributed by atoms with Crippen LogP contribution in [-0.2, 0) is 16.0 Å². The molecule has 184 valence electrons. The highest BCUT2D eigenvalue weighted by Crippen LogP contribution is 2.24. The number of likely N-dealkylation sites (tertiary alicyclic amines) is 1. The van der Waals surface area contributed by atoms with Gasteiger partial charge in [-0.1, -0.05) is 60.7 Å². The monoisotopic (exact) mass is 473 g/mol. The third kappa shape index (κ3) is 6.35. The Kier molecular flexibility index (Phi) is 7.85. The van der Waals surface area contributed by atoms with Gasteiger partial charge in [0.25, 0.3) is 0 Å². The lowest BCUT2D eigenvalue weighted by Crippen LogP contribution is -2.39. The summed E-state index contributed by atoms with van der Waals surface area (Å²) in [5.74, 6) is 0.978. The summed E-state index contributed by atoms with van der Waals surface area (Å²) in [6.45, 7) is 4.25. The van der Waals surface area contributed by atoms with Crippen molar-refractivity contribution in [3.05, 3.63) is 83.9 Å². The summed E-state index contributed by atoms with van der Waals surface area (Å²) in [7, 11) is 0. The Morgan fingerprint density at radius 2 is 1.77 bits per heavy atom. The van der Waals surface area contributed by atoms with Crippen molar-refractivity contribution in [2.45, 2.75) is 44.2 Å². The molecule has 2 aliphatic heterocycles. The van der Waals surface area contributed by atoms with Crippen molar-refractivity contribution in [1.29, 1.82) is 0 Å². The van der Waals surface area contributed by atoms with E-state index in [0.717, 1.165) is 57.6 Å². The quantitative estimate of drug-likeness (QED) is 0.512. The number of aromatic nitrogens is 3. The molecule has 3 heterocycles. The van der Waals surface area contributed by atoms with Crippen LogP contribution >= 0.6 is 0 Å². The fourth-order valence-electron chi connectivity index (χ4n) is 5.10. The van der Waals surface area contributed by atoms with E-state index in [1.807, 2.05) is 30.6 Å². The molecule has 1 amide bonds. The predicted molar refractivity (Wildman–Crippen MR) is 135 cm³/mol. The maximum Gasteiger partial charge on any atom is 0.226 e. The number of nitrogens with one attached hydrogen (secondary N) is 1. The van der Waals surface area contributed by atoms with Crippen LogP contribution in [0.1, 0.15) is 54.7 Å². The highest BCUT2D eigenvalue weighted by molar-refractivity contribution is 5.79. The van der Waals surface area contributed by atoms with E-state index >= 15 is 0 Å². The summed E-state index contributed by atoms with van der Waals surface area (Å²) >= 11 is 0. The number of nitrogens with zero attached hydrogens (tertiary/aromatic N) is 4. The average molecular weight is 474 g/mol. The molecule has 2 aromatic carbocycles. The lowest BCUT2D eigenvalue weighted by Gasteiger charge is -2.33. The van der Waals surface area contributed by atoms with Gasteiger partial charge in [0.15, 0.2) is 5.82 Å². The van der Waals surface area contributed by atoms with E-state index in [4.69, 9.17) is 9.84 Å². The SMILES string of the molecule is O=C(N[C@@H](CCN1CCC(n2cnc(Cc3ccccc3)n2)CC1)c1ccccc1)C1CCOC1. The van der Waals surface area contributed by atoms with Crippen molar-refractivity contribution in [3.63, 3.8) is 0 Å². The Morgan fingerprint density at radius 1 is 1.03 bits per heavy atom. The first-order chi connectivity index (χ1) is 17.2. The number of amides is 1. The van der Waals surface area contributed by atoms with Gasteiger partial charge < -0.3 is 15.0 Å². The van der Waals surface area contributed by atoms with Crippen LogP contribution in [-0.4, -0.2) is 58.4 Å². The van der Waals surface area contributed by atoms with Gasteiger partial charge in [-0.15, -0.1) is 0 Å². The van der Waals surface area contributed by atoms with E-state index in [0.29, 0.717) is 19.3 Å². The number of hydrogen-bond acceptors (Lipinski definition) is 5. The van der Waals surface area contributed by atoms with Crippen LogP contribution in [0.15, 0.2) is 67.0 Å². The van der Waals surface area contributed by atoms with Gasteiger partial charge in [-0.3, -0.25) is 4.79 Å². The van der Waals surface area contributed by atoms with Gasteiger partial charge in [-0.05, 0) is 36.8 Å². The molecular formula is C28H35N5O2. The third-order valence-electron chi connectivity index (χ3n) is 7.25. The first-order valence-corrected chi connectivity index (χ1v) is 12.8. The van der Waals surface area contributed by atoms with Crippen LogP contribution in [0.5, 0.6) is 0 Å². The molecule has 5 rings (SSSR count). The lowest BCUT2D eigenvalue weighted by molar-refractivity contribution is -0.125. The fraction of sp³-hybridized carbons (Fsp3) is 0.464. The van der Waals surface area contributed by atoms with Gasteiger partial charge in [0.2, 0.25) is 5.91 Å². The number of rotatable bonds is 9. The maximum absolute atomic E-state index is 12.8. The van der Waals surface area contributed by atoms with Gasteiger partial charge in [0.1, 0.15) is 6.33 Å². The van der Waals surface area contributed by atoms with E-state index in [1.54, 1.807) is 0 Å². The van der Waals surface area contributed by atoms with Gasteiger partial charge in [-0.25, -0.2) is 9.67 Å². The fourth-order valence-corrected chi connectivity index (χ4v) is 5.10. The second-order valence-corrected chi connectivity index (χ2v) is 9.70. The van der Waals surface area contributed by atoms with Crippen molar-refractivity contribution in [3.8, 4) is 0 Å². The standard InChI is InChI=1S/C28H35N5O2/c34-28(24-14-18-35-20-24)30-26(23-9-5-2-6-10-23)13-17-32-15-11-25(12-16-32)33-21-29-27(31-33)19-22-7-3-1-4-8-22/h1-10,21,24-26H,11-20H2,(H,30,34)/t24?,26-/m0/s1. The van der Waals surface area contributed by atoms with Crippen LogP contribution in [0.4, 0.5) is 0 Å². The molecule has 0 radical (unpaired) electrons. The van der Waals surface area contributed by atoms with E-state index in [1.165, 1.54) is 11.1 Å². The first kappa shape index (κ1) is 23.7. The zero-order valence-electron chi connectivity index (χ0n) is 20.3. The lowest BCUT2D eigenvalue weighted by atomic mass is 10.00. The van der Waals surface area contributed by atoms with Crippen LogP contribution in [0.3, 0.4) is 0 Å². The summed E-state index contributed by atoms with van der Waals surface area (Å²) in [6.07, 6.45) is 6.51. The second kappa shape index (κ2) is 11.6. The second-order valence-electron chi connectivity index (χ2n) is 9.70. The van der Waals surface area contributed by atoms with E-state index < -0.39 is 0 Å². The summed E-state index contributed by atoms with van der Waals surface area (Å²) in [4.78, 5) is 19.8. The average Bonchev–Trinajstić information content (AvgIpc) is 3.61. The largest absolute Gasteiger partial charge is 0.381 e. The minimum Gasteiger partial charge on any atom is -0.381 e. The number of carbonyl (C=O) groups is 1. The molecule has 2 saturated heterocycles. The highest BCUT2D eigenvalue weighted by Gasteiger charge is 2.27. The topological polar surface area (TPSA) is 72.3 Å². The van der Waals surface area contributed by atoms with Gasteiger partial charge in [0.05, 0.1) is 24.6 Å². The number of benzene rings is 2. The molecule has 1 N–H and O–H groups in total. The third-order valence-corrected chi connectivity index (χ3v) is 7.25. The highest BCUT2D eigenvalue weighted by atomic mass is 16.5. The molecule has 1 aromatic heterocycles. The normalized spacial score (nSPS) is 20.1. The maximum atomic E-state index is 12.8. The number of carbonyl (C=O) groups excluding carboxylic acids is 1. The van der Waals surface area contributed by atoms with Gasteiger partial charge >= 0.3 is 0 Å². The minimum absolute atomic E-state index is 0.0218. The Labute approximate surface area is 207 Å². The van der Waals surface area contributed by atoms with Crippen molar-refractivity contribution < 1.29 is 9.53 Å². The van der Waals surface area contributed by atoms with Crippen LogP contribution in [0.2, 0.25) is 0 Å². The van der Waals surface area contributed by atoms with Gasteiger partial charge in [-0.2, -0.15) is 5.10 Å². The molecule has 2 aliphatic rings. The Hall–Kier alpha value is -3.03. The Balaban J connectivity index is 1.12. The first-order valence-electron chi connectivity index (χ1n) is 12.8. The van der Waals surface area contributed by atoms with Crippen LogP contribution in [0.25, 0.3) is 0 Å². The molecule has 2 fully saturated rings. The predicted octanol–water partition coefficient (Wildman–Crippen LogP) is 3.79.